The molecule has 0 radical (unpaired) electrons. The summed E-state index contributed by atoms with van der Waals surface area (Å²) >= 11 is 0. The lowest BCUT2D eigenvalue weighted by Crippen LogP contribution is -1.99. The summed E-state index contributed by atoms with van der Waals surface area (Å²) in [5, 5.41) is 13.5. The third kappa shape index (κ3) is 3.37. The van der Waals surface area contributed by atoms with Crippen molar-refractivity contribution in [3.05, 3.63) is 83.8 Å². The number of rotatable bonds is 5. The highest BCUT2D eigenvalue weighted by Crippen LogP contribution is 2.20. The lowest BCUT2D eigenvalue weighted by Gasteiger charge is -2.03. The molecule has 0 fully saturated rings. The van der Waals surface area contributed by atoms with E-state index >= 15 is 0 Å². The number of hydrogen-bond donors (Lipinski definition) is 0. The molecule has 3 heterocycles. The van der Waals surface area contributed by atoms with Crippen LogP contribution in [0, 0.1) is 12.7 Å². The Hall–Kier alpha value is -4.14. The number of aromatic nitrogens is 6. The predicted octanol–water partition coefficient (Wildman–Crippen LogP) is 3.46. The van der Waals surface area contributed by atoms with Crippen LogP contribution in [0.4, 0.5) is 4.39 Å². The molecule has 0 spiro atoms. The average molecular weight is 401 g/mol. The molecule has 2 aromatic carbocycles. The fraction of sp³-hybridized carbons (Fsp3) is 0.0952. The average Bonchev–Trinajstić information content (AvgIpc) is 3.36. The largest absolute Gasteiger partial charge is 0.387 e. The number of aryl methyl sites for hydroxylation is 1. The molecule has 30 heavy (non-hydrogen) atoms. The minimum absolute atomic E-state index is 0.0902. The zero-order valence-electron chi connectivity index (χ0n) is 16.0. The van der Waals surface area contributed by atoms with E-state index in [2.05, 4.69) is 25.3 Å². The normalized spacial score (nSPS) is 11.7. The van der Waals surface area contributed by atoms with Gasteiger partial charge in [0, 0.05) is 0 Å². The fourth-order valence-electron chi connectivity index (χ4n) is 3.12. The molecule has 0 aliphatic rings. The van der Waals surface area contributed by atoms with Gasteiger partial charge < -0.3 is 4.84 Å². The van der Waals surface area contributed by atoms with E-state index in [9.17, 15) is 4.39 Å². The Kier molecular flexibility index (Phi) is 4.40. The third-order valence-electron chi connectivity index (χ3n) is 4.54. The van der Waals surface area contributed by atoms with Gasteiger partial charge in [-0.25, -0.2) is 23.6 Å². The van der Waals surface area contributed by atoms with E-state index in [1.54, 1.807) is 33.9 Å². The third-order valence-corrected chi connectivity index (χ3v) is 4.54. The maximum absolute atomic E-state index is 12.9. The minimum Gasteiger partial charge on any atom is -0.387 e. The van der Waals surface area contributed by atoms with Gasteiger partial charge in [0.15, 0.2) is 23.7 Å². The minimum atomic E-state index is -0.299. The van der Waals surface area contributed by atoms with Crippen LogP contribution in [0.15, 0.2) is 66.2 Å². The maximum Gasteiger partial charge on any atom is 0.192 e. The molecule has 0 aliphatic carbocycles. The van der Waals surface area contributed by atoms with E-state index in [-0.39, 0.29) is 12.4 Å². The Balaban J connectivity index is 1.39. The maximum atomic E-state index is 12.9. The van der Waals surface area contributed by atoms with Crippen LogP contribution in [0.5, 0.6) is 0 Å². The first-order valence-electron chi connectivity index (χ1n) is 9.23. The van der Waals surface area contributed by atoms with Crippen LogP contribution in [-0.2, 0) is 11.4 Å². The van der Waals surface area contributed by atoms with Crippen molar-refractivity contribution in [1.82, 2.24) is 29.4 Å². The monoisotopic (exact) mass is 401 g/mol. The van der Waals surface area contributed by atoms with E-state index in [0.717, 1.165) is 22.2 Å². The van der Waals surface area contributed by atoms with Crippen molar-refractivity contribution < 1.29 is 9.23 Å². The van der Waals surface area contributed by atoms with E-state index in [1.165, 1.54) is 18.3 Å². The quantitative estimate of drug-likeness (QED) is 0.333. The second-order valence-electron chi connectivity index (χ2n) is 6.73. The van der Waals surface area contributed by atoms with Crippen LogP contribution in [-0.4, -0.2) is 35.6 Å². The Bertz CT molecular complexity index is 1370. The van der Waals surface area contributed by atoms with Gasteiger partial charge in [-0.05, 0) is 42.3 Å². The summed E-state index contributed by atoms with van der Waals surface area (Å²) in [5.74, 6) is 0.163. The predicted molar refractivity (Wildman–Crippen MR) is 109 cm³/mol. The van der Waals surface area contributed by atoms with E-state index in [0.29, 0.717) is 17.1 Å². The summed E-state index contributed by atoms with van der Waals surface area (Å²) < 4.78 is 16.3. The molecule has 5 rings (SSSR count). The molecule has 0 saturated carbocycles. The number of hydrogen-bond acceptors (Lipinski definition) is 6. The number of halogens is 1. The lowest BCUT2D eigenvalue weighted by molar-refractivity contribution is 0.126. The SMILES string of the molecule is Cc1cccc(-n2ncc3c2ncn2nc(CO/N=C/c4ccc(F)cc4)nc32)c1. The Morgan fingerprint density at radius 1 is 1.13 bits per heavy atom. The Labute approximate surface area is 170 Å². The van der Waals surface area contributed by atoms with Gasteiger partial charge in [-0.3, -0.25) is 0 Å². The second kappa shape index (κ2) is 7.36. The standard InChI is InChI=1S/C21H16FN7O/c1-14-3-2-4-17(9-14)29-20-18(11-24-29)21-26-19(27-28(21)13-23-20)12-30-25-10-15-5-7-16(22)8-6-15/h2-11,13H,12H2,1H3/b25-10+. The molecular weight excluding hydrogens is 385 g/mol. The first-order valence-corrected chi connectivity index (χ1v) is 9.23. The van der Waals surface area contributed by atoms with Gasteiger partial charge in [-0.15, -0.1) is 5.10 Å². The van der Waals surface area contributed by atoms with Crippen LogP contribution in [0.3, 0.4) is 0 Å². The van der Waals surface area contributed by atoms with Crippen molar-refractivity contribution in [2.75, 3.05) is 0 Å². The molecule has 0 atom stereocenters. The summed E-state index contributed by atoms with van der Waals surface area (Å²) in [6.45, 7) is 2.12. The van der Waals surface area contributed by atoms with Crippen molar-refractivity contribution in [3.63, 3.8) is 0 Å². The van der Waals surface area contributed by atoms with Gasteiger partial charge in [-0.1, -0.05) is 29.4 Å². The van der Waals surface area contributed by atoms with Gasteiger partial charge in [0.25, 0.3) is 0 Å². The van der Waals surface area contributed by atoms with E-state index in [4.69, 9.17) is 4.84 Å². The first-order chi connectivity index (χ1) is 14.7. The van der Waals surface area contributed by atoms with Crippen molar-refractivity contribution in [1.29, 1.82) is 0 Å². The van der Waals surface area contributed by atoms with E-state index in [1.807, 2.05) is 31.2 Å². The summed E-state index contributed by atoms with van der Waals surface area (Å²) in [7, 11) is 0. The van der Waals surface area contributed by atoms with Crippen LogP contribution in [0.2, 0.25) is 0 Å². The number of benzene rings is 2. The van der Waals surface area contributed by atoms with Gasteiger partial charge in [0.1, 0.15) is 12.1 Å². The van der Waals surface area contributed by atoms with Crippen LogP contribution in [0.25, 0.3) is 22.4 Å². The van der Waals surface area contributed by atoms with Crippen molar-refractivity contribution in [3.8, 4) is 5.69 Å². The second-order valence-corrected chi connectivity index (χ2v) is 6.73. The van der Waals surface area contributed by atoms with Crippen molar-refractivity contribution in [2.45, 2.75) is 13.5 Å². The highest BCUT2D eigenvalue weighted by Gasteiger charge is 2.13. The molecule has 0 amide bonds. The molecule has 0 saturated heterocycles. The first kappa shape index (κ1) is 17.9. The molecule has 9 heteroatoms. The van der Waals surface area contributed by atoms with Gasteiger partial charge >= 0.3 is 0 Å². The fourth-order valence-corrected chi connectivity index (χ4v) is 3.12. The number of fused-ring (bicyclic) bond motifs is 3. The molecule has 0 N–H and O–H groups in total. The zero-order valence-corrected chi connectivity index (χ0v) is 16.0. The molecule has 148 valence electrons. The van der Waals surface area contributed by atoms with Crippen LogP contribution < -0.4 is 0 Å². The summed E-state index contributed by atoms with van der Waals surface area (Å²) in [5.41, 5.74) is 4.14. The summed E-state index contributed by atoms with van der Waals surface area (Å²) in [6, 6.07) is 14.0. The highest BCUT2D eigenvalue weighted by molar-refractivity contribution is 5.89. The Morgan fingerprint density at radius 2 is 2.00 bits per heavy atom. The van der Waals surface area contributed by atoms with Crippen LogP contribution in [0.1, 0.15) is 17.0 Å². The molecular formula is C21H16FN7O. The molecule has 0 unspecified atom stereocenters. The molecule has 3 aromatic heterocycles. The van der Waals surface area contributed by atoms with Crippen LogP contribution >= 0.6 is 0 Å². The summed E-state index contributed by atoms with van der Waals surface area (Å²) in [4.78, 5) is 14.3. The molecule has 8 nitrogen and oxygen atoms in total. The van der Waals surface area contributed by atoms with Gasteiger partial charge in [-0.2, -0.15) is 5.10 Å². The molecule has 5 aromatic rings. The number of oxime groups is 1. The smallest absolute Gasteiger partial charge is 0.192 e. The van der Waals surface area contributed by atoms with E-state index < -0.39 is 0 Å². The zero-order chi connectivity index (χ0) is 20.5. The summed E-state index contributed by atoms with van der Waals surface area (Å²) in [6.07, 6.45) is 4.83. The topological polar surface area (TPSA) is 82.5 Å². The van der Waals surface area contributed by atoms with Crippen molar-refractivity contribution in [2.24, 2.45) is 5.16 Å². The van der Waals surface area contributed by atoms with Gasteiger partial charge in [0.05, 0.1) is 23.5 Å². The Morgan fingerprint density at radius 3 is 2.83 bits per heavy atom. The lowest BCUT2D eigenvalue weighted by atomic mass is 10.2. The van der Waals surface area contributed by atoms with Gasteiger partial charge in [0.2, 0.25) is 0 Å². The molecule has 0 aliphatic heterocycles. The number of nitrogens with zero attached hydrogens (tertiary/aromatic N) is 7. The highest BCUT2D eigenvalue weighted by atomic mass is 19.1. The molecule has 0 bridgehead atoms. The van der Waals surface area contributed by atoms with Crippen molar-refractivity contribution >= 4 is 22.9 Å².